The van der Waals surface area contributed by atoms with Gasteiger partial charge in [-0.25, -0.2) is 0 Å². The molecule has 1 aliphatic rings. The summed E-state index contributed by atoms with van der Waals surface area (Å²) in [5.41, 5.74) is 1.26. The molecule has 2 unspecified atom stereocenters. The largest absolute Gasteiger partial charge is 0.313 e. The molecule has 0 aromatic carbocycles. The minimum atomic E-state index is 0.558. The van der Waals surface area contributed by atoms with Crippen molar-refractivity contribution in [2.24, 2.45) is 5.92 Å². The molecule has 1 N–H and O–H groups in total. The van der Waals surface area contributed by atoms with Crippen LogP contribution >= 0.6 is 11.8 Å². The minimum absolute atomic E-state index is 0.558. The lowest BCUT2D eigenvalue weighted by molar-refractivity contribution is 0.372. The van der Waals surface area contributed by atoms with Crippen LogP contribution in [0.1, 0.15) is 58.2 Å². The molecule has 0 saturated carbocycles. The van der Waals surface area contributed by atoms with Crippen molar-refractivity contribution in [3.05, 3.63) is 18.0 Å². The zero-order chi connectivity index (χ0) is 15.1. The molecule has 3 nitrogen and oxygen atoms in total. The number of hydrogen-bond acceptors (Lipinski definition) is 3. The molecule has 0 amide bonds. The van der Waals surface area contributed by atoms with E-state index in [9.17, 15) is 0 Å². The van der Waals surface area contributed by atoms with Gasteiger partial charge in [0.1, 0.15) is 0 Å². The molecular formula is C17H31N3S. The van der Waals surface area contributed by atoms with Crippen LogP contribution < -0.4 is 5.32 Å². The van der Waals surface area contributed by atoms with Crippen molar-refractivity contribution in [1.82, 2.24) is 15.1 Å². The zero-order valence-corrected chi connectivity index (χ0v) is 14.7. The molecule has 2 rings (SSSR count). The lowest BCUT2D eigenvalue weighted by atomic mass is 9.95. The summed E-state index contributed by atoms with van der Waals surface area (Å²) in [6.07, 6.45) is 8.15. The van der Waals surface area contributed by atoms with Crippen LogP contribution in [0, 0.1) is 5.92 Å². The van der Waals surface area contributed by atoms with Crippen LogP contribution in [-0.4, -0.2) is 33.9 Å². The maximum atomic E-state index is 4.84. The van der Waals surface area contributed by atoms with E-state index in [2.05, 4.69) is 54.8 Å². The molecule has 2 atom stereocenters. The van der Waals surface area contributed by atoms with Gasteiger partial charge in [0.05, 0.1) is 11.7 Å². The smallest absolute Gasteiger partial charge is 0.0640 e. The van der Waals surface area contributed by atoms with E-state index in [1.807, 2.05) is 0 Å². The number of hydrogen-bond donors (Lipinski definition) is 1. The third kappa shape index (κ3) is 4.75. The van der Waals surface area contributed by atoms with Crippen LogP contribution in [0.25, 0.3) is 0 Å². The lowest BCUT2D eigenvalue weighted by Crippen LogP contribution is -2.38. The van der Waals surface area contributed by atoms with Crippen LogP contribution in [0.3, 0.4) is 0 Å². The second kappa shape index (κ2) is 8.84. The van der Waals surface area contributed by atoms with Crippen molar-refractivity contribution in [1.29, 1.82) is 0 Å². The molecule has 0 aliphatic carbocycles. The van der Waals surface area contributed by atoms with Gasteiger partial charge in [0.15, 0.2) is 0 Å². The van der Waals surface area contributed by atoms with Crippen molar-refractivity contribution in [3.63, 3.8) is 0 Å². The van der Waals surface area contributed by atoms with Crippen LogP contribution in [0.2, 0.25) is 0 Å². The minimum Gasteiger partial charge on any atom is -0.313 e. The highest BCUT2D eigenvalue weighted by Gasteiger charge is 2.25. The van der Waals surface area contributed by atoms with Gasteiger partial charge in [-0.3, -0.25) is 4.68 Å². The van der Waals surface area contributed by atoms with Crippen LogP contribution in [0.4, 0.5) is 0 Å². The number of rotatable bonds is 9. The van der Waals surface area contributed by atoms with E-state index in [4.69, 9.17) is 5.10 Å². The Morgan fingerprint density at radius 1 is 1.38 bits per heavy atom. The molecule has 2 heterocycles. The van der Waals surface area contributed by atoms with Crippen LogP contribution in [-0.2, 0) is 6.42 Å². The molecule has 4 heteroatoms. The first-order valence-corrected chi connectivity index (χ1v) is 9.79. The van der Waals surface area contributed by atoms with Gasteiger partial charge >= 0.3 is 0 Å². The van der Waals surface area contributed by atoms with E-state index in [1.54, 1.807) is 0 Å². The topological polar surface area (TPSA) is 29.9 Å². The fourth-order valence-electron chi connectivity index (χ4n) is 3.18. The molecule has 21 heavy (non-hydrogen) atoms. The molecule has 0 spiro atoms. The Balaban J connectivity index is 1.98. The van der Waals surface area contributed by atoms with Gasteiger partial charge in [0.25, 0.3) is 0 Å². The lowest BCUT2D eigenvalue weighted by Gasteiger charge is -2.23. The van der Waals surface area contributed by atoms with Gasteiger partial charge in [-0.05, 0) is 55.7 Å². The first kappa shape index (κ1) is 16.9. The van der Waals surface area contributed by atoms with E-state index < -0.39 is 0 Å². The zero-order valence-electron chi connectivity index (χ0n) is 13.8. The molecule has 1 saturated heterocycles. The first-order chi connectivity index (χ1) is 10.3. The summed E-state index contributed by atoms with van der Waals surface area (Å²) >= 11 is 2.11. The number of nitrogens with one attached hydrogen (secondary N) is 1. The van der Waals surface area contributed by atoms with Crippen molar-refractivity contribution in [2.45, 2.75) is 65.0 Å². The third-order valence-electron chi connectivity index (χ3n) is 4.60. The van der Waals surface area contributed by atoms with Gasteiger partial charge in [-0.1, -0.05) is 20.8 Å². The van der Waals surface area contributed by atoms with Gasteiger partial charge in [0.2, 0.25) is 0 Å². The highest BCUT2D eigenvalue weighted by atomic mass is 32.2. The van der Waals surface area contributed by atoms with Gasteiger partial charge in [-0.15, -0.1) is 0 Å². The molecule has 1 aromatic heterocycles. The number of nitrogens with zero attached hydrogens (tertiary/aromatic N) is 2. The predicted octanol–water partition coefficient (Wildman–Crippen LogP) is 3.91. The summed E-state index contributed by atoms with van der Waals surface area (Å²) < 4.78 is 2.18. The molecule has 120 valence electrons. The van der Waals surface area contributed by atoms with E-state index >= 15 is 0 Å². The highest BCUT2D eigenvalue weighted by molar-refractivity contribution is 7.99. The van der Waals surface area contributed by atoms with E-state index in [-0.39, 0.29) is 0 Å². The summed E-state index contributed by atoms with van der Waals surface area (Å²) in [4.78, 5) is 0. The van der Waals surface area contributed by atoms with Gasteiger partial charge < -0.3 is 5.32 Å². The Labute approximate surface area is 134 Å². The quantitative estimate of drug-likeness (QED) is 0.750. The number of aromatic nitrogens is 2. The first-order valence-electron chi connectivity index (χ1n) is 8.63. The Bertz CT molecular complexity index is 394. The standard InChI is InChI=1S/C17H31N3S/c1-4-9-18-17(14-8-11-21-13-14)12-15-7-10-20(19-15)16(5-2)6-3/h7,10,14,16-18H,4-6,8-9,11-13H2,1-3H3. The fourth-order valence-corrected chi connectivity index (χ4v) is 4.52. The second-order valence-electron chi connectivity index (χ2n) is 6.15. The summed E-state index contributed by atoms with van der Waals surface area (Å²) in [6, 6.07) is 3.38. The van der Waals surface area contributed by atoms with Crippen molar-refractivity contribution in [3.8, 4) is 0 Å². The summed E-state index contributed by atoms with van der Waals surface area (Å²) in [5, 5.41) is 8.61. The Morgan fingerprint density at radius 3 is 2.81 bits per heavy atom. The summed E-state index contributed by atoms with van der Waals surface area (Å²) in [5.74, 6) is 3.46. The predicted molar refractivity (Wildman–Crippen MR) is 93.1 cm³/mol. The monoisotopic (exact) mass is 309 g/mol. The molecule has 0 bridgehead atoms. The normalized spacial score (nSPS) is 20.3. The maximum absolute atomic E-state index is 4.84. The van der Waals surface area contributed by atoms with Crippen molar-refractivity contribution < 1.29 is 0 Å². The Kier molecular flexibility index (Phi) is 7.11. The number of thioether (sulfide) groups is 1. The maximum Gasteiger partial charge on any atom is 0.0640 e. The Hall–Kier alpha value is -0.480. The average Bonchev–Trinajstić information content (AvgIpc) is 3.16. The molecule has 1 aliphatic heterocycles. The van der Waals surface area contributed by atoms with Crippen LogP contribution in [0.5, 0.6) is 0 Å². The SMILES string of the molecule is CCCNC(Cc1ccn(C(CC)CC)n1)C1CCSC1. The van der Waals surface area contributed by atoms with Crippen LogP contribution in [0.15, 0.2) is 12.3 Å². The molecule has 1 aromatic rings. The molecule has 0 radical (unpaired) electrons. The molecular weight excluding hydrogens is 278 g/mol. The highest BCUT2D eigenvalue weighted by Crippen LogP contribution is 2.28. The van der Waals surface area contributed by atoms with E-state index in [0.717, 1.165) is 31.7 Å². The summed E-state index contributed by atoms with van der Waals surface area (Å²) in [6.45, 7) is 7.86. The van der Waals surface area contributed by atoms with Gasteiger partial charge in [0, 0.05) is 18.7 Å². The second-order valence-corrected chi connectivity index (χ2v) is 7.30. The molecule has 1 fully saturated rings. The van der Waals surface area contributed by atoms with E-state index in [0.29, 0.717) is 12.1 Å². The Morgan fingerprint density at radius 2 is 2.19 bits per heavy atom. The van der Waals surface area contributed by atoms with Crippen molar-refractivity contribution >= 4 is 11.8 Å². The fraction of sp³-hybridized carbons (Fsp3) is 0.824. The van der Waals surface area contributed by atoms with Crippen molar-refractivity contribution in [2.75, 3.05) is 18.1 Å². The van der Waals surface area contributed by atoms with Gasteiger partial charge in [-0.2, -0.15) is 16.9 Å². The third-order valence-corrected chi connectivity index (χ3v) is 5.79. The average molecular weight is 310 g/mol. The van der Waals surface area contributed by atoms with E-state index in [1.165, 1.54) is 30.0 Å². The summed E-state index contributed by atoms with van der Waals surface area (Å²) in [7, 11) is 0.